The molecule has 4 rings (SSSR count). The molecule has 0 saturated heterocycles. The van der Waals surface area contributed by atoms with Gasteiger partial charge < -0.3 is 5.11 Å². The smallest absolute Gasteiger partial charge is 0.178 e. The van der Waals surface area contributed by atoms with Gasteiger partial charge >= 0.3 is 0 Å². The first-order chi connectivity index (χ1) is 12.0. The summed E-state index contributed by atoms with van der Waals surface area (Å²) in [5.41, 5.74) is 2.21. The Hall–Kier alpha value is -2.43. The minimum Gasteiger partial charge on any atom is -0.380 e. The molecule has 0 saturated carbocycles. The largest absolute Gasteiger partial charge is 0.380 e. The fraction of sp³-hybridized carbons (Fsp3) is 0.143. The van der Waals surface area contributed by atoms with Crippen LogP contribution in [0.25, 0.3) is 11.1 Å². The summed E-state index contributed by atoms with van der Waals surface area (Å²) in [6.45, 7) is 0. The fourth-order valence-electron chi connectivity index (χ4n) is 3.60. The van der Waals surface area contributed by atoms with Gasteiger partial charge in [0.25, 0.3) is 0 Å². The number of aliphatic hydroxyl groups is 1. The lowest BCUT2D eigenvalue weighted by Crippen LogP contribution is -2.28. The minimum absolute atomic E-state index is 0.115. The van der Waals surface area contributed by atoms with Crippen LogP contribution in [0.4, 0.5) is 0 Å². The van der Waals surface area contributed by atoms with E-state index in [4.69, 9.17) is 0 Å². The van der Waals surface area contributed by atoms with Gasteiger partial charge in [0.05, 0.1) is 10.6 Å². The van der Waals surface area contributed by atoms with Crippen LogP contribution < -0.4 is 0 Å². The second-order valence-corrected chi connectivity index (χ2v) is 8.44. The van der Waals surface area contributed by atoms with E-state index in [2.05, 4.69) is 0 Å². The highest BCUT2D eigenvalue weighted by atomic mass is 32.2. The highest BCUT2D eigenvalue weighted by molar-refractivity contribution is 7.91. The van der Waals surface area contributed by atoms with Crippen molar-refractivity contribution >= 4 is 9.84 Å². The topological polar surface area (TPSA) is 54.4 Å². The predicted molar refractivity (Wildman–Crippen MR) is 98.0 cm³/mol. The van der Waals surface area contributed by atoms with Crippen molar-refractivity contribution in [3.8, 4) is 11.1 Å². The van der Waals surface area contributed by atoms with E-state index in [1.54, 1.807) is 30.3 Å². The number of fused-ring (bicyclic) bond motifs is 3. The van der Waals surface area contributed by atoms with Crippen LogP contribution in [-0.2, 0) is 15.4 Å². The first kappa shape index (κ1) is 16.1. The fourth-order valence-corrected chi connectivity index (χ4v) is 4.97. The molecule has 0 amide bonds. The van der Waals surface area contributed by atoms with Crippen LogP contribution in [-0.4, -0.2) is 19.3 Å². The summed E-state index contributed by atoms with van der Waals surface area (Å²) in [6, 6.07) is 23.7. The third-order valence-corrected chi connectivity index (χ3v) is 6.60. The molecule has 1 aliphatic rings. The number of hydrogen-bond donors (Lipinski definition) is 1. The van der Waals surface area contributed by atoms with E-state index in [0.717, 1.165) is 22.3 Å². The average Bonchev–Trinajstić information content (AvgIpc) is 2.91. The maximum Gasteiger partial charge on any atom is 0.178 e. The predicted octanol–water partition coefficient (Wildman–Crippen LogP) is 3.77. The van der Waals surface area contributed by atoms with Gasteiger partial charge in [0.1, 0.15) is 5.60 Å². The second kappa shape index (κ2) is 5.83. The molecule has 1 N–H and O–H groups in total. The van der Waals surface area contributed by atoms with Crippen LogP contribution in [0.2, 0.25) is 0 Å². The van der Waals surface area contributed by atoms with E-state index in [1.165, 1.54) is 0 Å². The molecule has 1 aliphatic carbocycles. The maximum atomic E-state index is 12.6. The number of sulfone groups is 1. The van der Waals surface area contributed by atoms with Crippen LogP contribution in [0.3, 0.4) is 0 Å². The molecule has 4 heteroatoms. The van der Waals surface area contributed by atoms with E-state index in [1.807, 2.05) is 48.5 Å². The van der Waals surface area contributed by atoms with Crippen LogP contribution >= 0.6 is 0 Å². The number of benzene rings is 3. The first-order valence-electron chi connectivity index (χ1n) is 8.22. The third-order valence-electron chi connectivity index (χ3n) is 4.87. The zero-order chi connectivity index (χ0) is 17.5. The number of hydrogen-bond acceptors (Lipinski definition) is 3. The van der Waals surface area contributed by atoms with Gasteiger partial charge in [-0.1, -0.05) is 66.7 Å². The lowest BCUT2D eigenvalue weighted by molar-refractivity contribution is 0.0822. The summed E-state index contributed by atoms with van der Waals surface area (Å²) in [7, 11) is -3.45. The van der Waals surface area contributed by atoms with Crippen LogP contribution in [0, 0.1) is 0 Å². The molecular weight excluding hydrogens is 332 g/mol. The van der Waals surface area contributed by atoms with Crippen LogP contribution in [0.1, 0.15) is 17.5 Å². The minimum atomic E-state index is -3.45. The van der Waals surface area contributed by atoms with Crippen molar-refractivity contribution in [2.75, 3.05) is 5.75 Å². The average molecular weight is 350 g/mol. The van der Waals surface area contributed by atoms with Crippen LogP contribution in [0.5, 0.6) is 0 Å². The Kier molecular flexibility index (Phi) is 3.74. The molecule has 0 bridgehead atoms. The monoisotopic (exact) mass is 350 g/mol. The molecule has 0 atom stereocenters. The van der Waals surface area contributed by atoms with E-state index < -0.39 is 15.4 Å². The molecule has 25 heavy (non-hydrogen) atoms. The quantitative estimate of drug-likeness (QED) is 0.779. The molecule has 3 aromatic rings. The van der Waals surface area contributed by atoms with Crippen LogP contribution in [0.15, 0.2) is 83.8 Å². The molecule has 3 aromatic carbocycles. The normalized spacial score (nSPS) is 14.8. The van der Waals surface area contributed by atoms with Crippen molar-refractivity contribution in [1.82, 2.24) is 0 Å². The Balaban J connectivity index is 1.73. The van der Waals surface area contributed by atoms with Gasteiger partial charge in [-0.15, -0.1) is 0 Å². The van der Waals surface area contributed by atoms with Crippen molar-refractivity contribution < 1.29 is 13.5 Å². The van der Waals surface area contributed by atoms with Gasteiger partial charge in [0, 0.05) is 0 Å². The highest BCUT2D eigenvalue weighted by Crippen LogP contribution is 2.49. The lowest BCUT2D eigenvalue weighted by Gasteiger charge is -2.25. The lowest BCUT2D eigenvalue weighted by atomic mass is 9.89. The molecule has 0 aliphatic heterocycles. The van der Waals surface area contributed by atoms with Crippen molar-refractivity contribution in [3.05, 3.63) is 90.0 Å². The molecule has 0 fully saturated rings. The van der Waals surface area contributed by atoms with Gasteiger partial charge in [-0.3, -0.25) is 0 Å². The van der Waals surface area contributed by atoms with E-state index in [-0.39, 0.29) is 17.1 Å². The zero-order valence-corrected chi connectivity index (χ0v) is 14.4. The van der Waals surface area contributed by atoms with Gasteiger partial charge in [0.15, 0.2) is 9.84 Å². The molecule has 0 spiro atoms. The van der Waals surface area contributed by atoms with E-state index >= 15 is 0 Å². The van der Waals surface area contributed by atoms with Crippen molar-refractivity contribution in [3.63, 3.8) is 0 Å². The van der Waals surface area contributed by atoms with Gasteiger partial charge in [0.2, 0.25) is 0 Å². The Morgan fingerprint density at radius 3 is 1.76 bits per heavy atom. The van der Waals surface area contributed by atoms with Gasteiger partial charge in [-0.2, -0.15) is 0 Å². The van der Waals surface area contributed by atoms with Crippen molar-refractivity contribution in [1.29, 1.82) is 0 Å². The summed E-state index contributed by atoms with van der Waals surface area (Å²) in [5, 5.41) is 11.4. The van der Waals surface area contributed by atoms with Gasteiger partial charge in [-0.25, -0.2) is 8.42 Å². The highest BCUT2D eigenvalue weighted by Gasteiger charge is 2.41. The number of rotatable bonds is 4. The molecule has 126 valence electrons. The maximum absolute atomic E-state index is 12.6. The molecule has 0 radical (unpaired) electrons. The Morgan fingerprint density at radius 2 is 1.20 bits per heavy atom. The zero-order valence-electron chi connectivity index (χ0n) is 13.6. The summed E-state index contributed by atoms with van der Waals surface area (Å²) in [5.74, 6) is -0.115. The molecule has 0 aromatic heterocycles. The summed E-state index contributed by atoms with van der Waals surface area (Å²) in [6.07, 6.45) is 0.123. The second-order valence-electron chi connectivity index (χ2n) is 6.33. The van der Waals surface area contributed by atoms with Crippen molar-refractivity contribution in [2.45, 2.75) is 16.9 Å². The van der Waals surface area contributed by atoms with E-state index in [0.29, 0.717) is 0 Å². The third kappa shape index (κ3) is 2.58. The molecule has 0 unspecified atom stereocenters. The standard InChI is InChI=1S/C21H18O3S/c22-21(14-15-25(23,24)16-8-2-1-3-9-16)19-12-6-4-10-17(19)18-11-5-7-13-20(18)21/h1-13,22H,14-15H2. The first-order valence-corrected chi connectivity index (χ1v) is 9.87. The Bertz CT molecular complexity index is 978. The Labute approximate surface area is 147 Å². The molecular formula is C21H18O3S. The summed E-state index contributed by atoms with van der Waals surface area (Å²) < 4.78 is 25.3. The molecule has 0 heterocycles. The SMILES string of the molecule is O=S(=O)(CCC1(O)c2ccccc2-c2ccccc21)c1ccccc1. The summed E-state index contributed by atoms with van der Waals surface area (Å²) in [4.78, 5) is 0.290. The Morgan fingerprint density at radius 1 is 0.720 bits per heavy atom. The van der Waals surface area contributed by atoms with Gasteiger partial charge in [-0.05, 0) is 40.8 Å². The van der Waals surface area contributed by atoms with E-state index in [9.17, 15) is 13.5 Å². The van der Waals surface area contributed by atoms with Crippen molar-refractivity contribution in [2.24, 2.45) is 0 Å². The summed E-state index contributed by atoms with van der Waals surface area (Å²) >= 11 is 0. The molecule has 3 nitrogen and oxygen atoms in total.